The molecule has 1 aliphatic heterocycles. The number of dihydropyridines is 1. The van der Waals surface area contributed by atoms with E-state index in [-0.39, 0.29) is 5.69 Å². The molecule has 0 radical (unpaired) electrons. The van der Waals surface area contributed by atoms with Crippen molar-refractivity contribution in [2.24, 2.45) is 10.4 Å². The van der Waals surface area contributed by atoms with E-state index in [1.807, 2.05) is 6.08 Å². The standard InChI is InChI=1S/C28H28FN3O6/c1-17(36-2)25(37-3)14-18-16-30-13-10-24(18)38-21-7-5-20(6-8-21)31-26(34)28(11-12-28)27(35)32-22-9-4-19(29)15-23(22)33/h4-10,13-15,33H,11-12,16H2,1-3H3,(H,31,34)(H,32,35)/b18-14+,25-17-. The van der Waals surface area contributed by atoms with Gasteiger partial charge in [-0.05, 0) is 68.3 Å². The minimum absolute atomic E-state index is 0.0398. The van der Waals surface area contributed by atoms with Crippen LogP contribution >= 0.6 is 0 Å². The average molecular weight is 522 g/mol. The Balaban J connectivity index is 1.41. The molecule has 1 fully saturated rings. The highest BCUT2D eigenvalue weighted by Crippen LogP contribution is 2.48. The summed E-state index contributed by atoms with van der Waals surface area (Å²) in [5.74, 6) is 0.227. The van der Waals surface area contributed by atoms with Crippen molar-refractivity contribution in [2.45, 2.75) is 19.8 Å². The van der Waals surface area contributed by atoms with Crippen LogP contribution in [-0.2, 0) is 19.1 Å². The third-order valence-electron chi connectivity index (χ3n) is 6.26. The molecule has 0 atom stereocenters. The van der Waals surface area contributed by atoms with Crippen molar-refractivity contribution in [3.63, 3.8) is 0 Å². The normalized spacial score (nSPS) is 17.2. The molecule has 198 valence electrons. The minimum atomic E-state index is -1.26. The highest BCUT2D eigenvalue weighted by Gasteiger charge is 2.56. The van der Waals surface area contributed by atoms with Crippen molar-refractivity contribution in [3.8, 4) is 11.5 Å². The van der Waals surface area contributed by atoms with Crippen molar-refractivity contribution >= 4 is 29.4 Å². The van der Waals surface area contributed by atoms with Crippen LogP contribution in [0.25, 0.3) is 0 Å². The Labute approximate surface area is 219 Å². The van der Waals surface area contributed by atoms with Crippen LogP contribution in [0.5, 0.6) is 11.5 Å². The Bertz CT molecular complexity index is 1360. The third kappa shape index (κ3) is 5.86. The van der Waals surface area contributed by atoms with Crippen molar-refractivity contribution in [1.29, 1.82) is 0 Å². The average Bonchev–Trinajstić information content (AvgIpc) is 3.73. The zero-order chi connectivity index (χ0) is 27.3. The number of carbonyl (C=O) groups is 2. The highest BCUT2D eigenvalue weighted by molar-refractivity contribution is 6.17. The molecule has 0 spiro atoms. The first kappa shape index (κ1) is 26.5. The summed E-state index contributed by atoms with van der Waals surface area (Å²) in [5, 5.41) is 15.1. The summed E-state index contributed by atoms with van der Waals surface area (Å²) >= 11 is 0. The van der Waals surface area contributed by atoms with E-state index in [9.17, 15) is 19.1 Å². The molecule has 0 aromatic heterocycles. The van der Waals surface area contributed by atoms with Gasteiger partial charge in [-0.1, -0.05) is 0 Å². The monoisotopic (exact) mass is 521 g/mol. The number of amides is 2. The van der Waals surface area contributed by atoms with Gasteiger partial charge in [0.15, 0.2) is 5.76 Å². The van der Waals surface area contributed by atoms with Crippen LogP contribution in [0.2, 0.25) is 0 Å². The molecule has 2 amide bonds. The predicted octanol–water partition coefficient (Wildman–Crippen LogP) is 4.69. The maximum atomic E-state index is 13.2. The lowest BCUT2D eigenvalue weighted by Crippen LogP contribution is -2.35. The molecule has 0 unspecified atom stereocenters. The predicted molar refractivity (Wildman–Crippen MR) is 140 cm³/mol. The van der Waals surface area contributed by atoms with Crippen LogP contribution in [-0.4, -0.2) is 43.9 Å². The Morgan fingerprint density at radius 1 is 1.05 bits per heavy atom. The molecule has 1 heterocycles. The van der Waals surface area contributed by atoms with Crippen LogP contribution in [0, 0.1) is 11.2 Å². The number of benzene rings is 2. The van der Waals surface area contributed by atoms with Gasteiger partial charge < -0.3 is 30.0 Å². The van der Waals surface area contributed by atoms with E-state index in [0.29, 0.717) is 48.1 Å². The first-order valence-corrected chi connectivity index (χ1v) is 11.8. The molecule has 1 aliphatic carbocycles. The summed E-state index contributed by atoms with van der Waals surface area (Å²) in [6, 6.07) is 9.98. The topological polar surface area (TPSA) is 118 Å². The third-order valence-corrected chi connectivity index (χ3v) is 6.26. The van der Waals surface area contributed by atoms with E-state index in [0.717, 1.165) is 17.7 Å². The Kier molecular flexibility index (Phi) is 7.80. The number of ether oxygens (including phenoxy) is 3. The quantitative estimate of drug-likeness (QED) is 0.250. The lowest BCUT2D eigenvalue weighted by Gasteiger charge is -2.17. The van der Waals surface area contributed by atoms with E-state index in [1.54, 1.807) is 57.7 Å². The number of phenolic OH excluding ortho intramolecular Hbond substituents is 1. The molecule has 2 aromatic rings. The number of aliphatic imine (C=N–C) groups is 1. The van der Waals surface area contributed by atoms with Crippen molar-refractivity contribution in [1.82, 2.24) is 0 Å². The van der Waals surface area contributed by atoms with Crippen LogP contribution < -0.4 is 15.4 Å². The number of anilines is 2. The molecule has 2 aromatic carbocycles. The minimum Gasteiger partial charge on any atom is -0.506 e. The summed E-state index contributed by atoms with van der Waals surface area (Å²) in [7, 11) is 3.12. The summed E-state index contributed by atoms with van der Waals surface area (Å²) in [5.41, 5.74) is 0.0702. The molecule has 2 aliphatic rings. The van der Waals surface area contributed by atoms with Gasteiger partial charge in [0.25, 0.3) is 0 Å². The van der Waals surface area contributed by atoms with Crippen molar-refractivity contribution < 1.29 is 33.3 Å². The summed E-state index contributed by atoms with van der Waals surface area (Å²) < 4.78 is 29.9. The molecule has 38 heavy (non-hydrogen) atoms. The second-order valence-electron chi connectivity index (χ2n) is 8.80. The van der Waals surface area contributed by atoms with Gasteiger partial charge >= 0.3 is 0 Å². The summed E-state index contributed by atoms with van der Waals surface area (Å²) in [6.45, 7) is 2.20. The highest BCUT2D eigenvalue weighted by atomic mass is 19.1. The molecular formula is C28H28FN3O6. The van der Waals surface area contributed by atoms with Crippen molar-refractivity contribution in [3.05, 3.63) is 83.3 Å². The van der Waals surface area contributed by atoms with E-state index in [2.05, 4.69) is 15.6 Å². The fourth-order valence-electron chi connectivity index (χ4n) is 3.75. The van der Waals surface area contributed by atoms with Gasteiger partial charge in [-0.15, -0.1) is 0 Å². The van der Waals surface area contributed by atoms with Crippen LogP contribution in [0.3, 0.4) is 0 Å². The Morgan fingerprint density at radius 2 is 1.76 bits per heavy atom. The van der Waals surface area contributed by atoms with Crippen LogP contribution in [0.1, 0.15) is 19.8 Å². The van der Waals surface area contributed by atoms with Gasteiger partial charge in [-0.2, -0.15) is 0 Å². The Morgan fingerprint density at radius 3 is 2.39 bits per heavy atom. The first-order valence-electron chi connectivity index (χ1n) is 11.8. The number of phenols is 1. The molecule has 3 N–H and O–H groups in total. The number of halogens is 1. The number of hydrogen-bond donors (Lipinski definition) is 3. The van der Waals surface area contributed by atoms with Gasteiger partial charge in [0.2, 0.25) is 11.8 Å². The van der Waals surface area contributed by atoms with Crippen LogP contribution in [0.15, 0.2) is 82.5 Å². The summed E-state index contributed by atoms with van der Waals surface area (Å²) in [6.07, 6.45) is 5.93. The van der Waals surface area contributed by atoms with E-state index < -0.39 is 28.8 Å². The van der Waals surface area contributed by atoms with E-state index in [4.69, 9.17) is 14.2 Å². The van der Waals surface area contributed by atoms with Crippen LogP contribution in [0.4, 0.5) is 15.8 Å². The number of rotatable bonds is 9. The van der Waals surface area contributed by atoms with E-state index in [1.165, 1.54) is 6.07 Å². The number of carbonyl (C=O) groups excluding carboxylic acids is 2. The fraction of sp³-hybridized carbons (Fsp3) is 0.250. The smallest absolute Gasteiger partial charge is 0.240 e. The SMILES string of the molecule is CO/C(C)=C(/C=C1\CN=CC=C1Oc1ccc(NC(=O)C2(C(=O)Nc3ccc(F)cc3O)CC2)cc1)OC. The van der Waals surface area contributed by atoms with Gasteiger partial charge in [-0.3, -0.25) is 14.6 Å². The summed E-state index contributed by atoms with van der Waals surface area (Å²) in [4.78, 5) is 30.0. The lowest BCUT2D eigenvalue weighted by molar-refractivity contribution is -0.131. The van der Waals surface area contributed by atoms with Gasteiger partial charge in [0.1, 0.15) is 34.2 Å². The van der Waals surface area contributed by atoms with Gasteiger partial charge in [0, 0.05) is 23.5 Å². The fourth-order valence-corrected chi connectivity index (χ4v) is 3.75. The maximum absolute atomic E-state index is 13.2. The lowest BCUT2D eigenvalue weighted by atomic mass is 10.0. The second-order valence-corrected chi connectivity index (χ2v) is 8.80. The first-order chi connectivity index (χ1) is 18.3. The second kappa shape index (κ2) is 11.2. The number of allylic oxidation sites excluding steroid dienone is 3. The van der Waals surface area contributed by atoms with Gasteiger partial charge in [-0.25, -0.2) is 4.39 Å². The Hall–Kier alpha value is -4.60. The van der Waals surface area contributed by atoms with Crippen molar-refractivity contribution in [2.75, 3.05) is 31.4 Å². The number of nitrogens with zero attached hydrogens (tertiary/aromatic N) is 1. The molecular weight excluding hydrogens is 493 g/mol. The molecule has 1 saturated carbocycles. The van der Waals surface area contributed by atoms with E-state index >= 15 is 0 Å². The zero-order valence-electron chi connectivity index (χ0n) is 21.2. The number of hydrogen-bond acceptors (Lipinski definition) is 7. The largest absolute Gasteiger partial charge is 0.506 e. The number of aromatic hydroxyl groups is 1. The zero-order valence-corrected chi connectivity index (χ0v) is 21.2. The molecule has 9 nitrogen and oxygen atoms in total. The van der Waals surface area contributed by atoms with Gasteiger partial charge in [0.05, 0.1) is 26.5 Å². The molecule has 0 saturated heterocycles. The molecule has 4 rings (SSSR count). The molecule has 10 heteroatoms. The number of methoxy groups -OCH3 is 2. The molecule has 0 bridgehead atoms. The number of nitrogens with one attached hydrogen (secondary N) is 2. The maximum Gasteiger partial charge on any atom is 0.240 e.